The molecule has 7 nitrogen and oxygen atoms in total. The molecule has 1 aliphatic rings. The lowest BCUT2D eigenvalue weighted by Crippen LogP contribution is -2.26. The van der Waals surface area contributed by atoms with Gasteiger partial charge in [-0.05, 0) is 24.1 Å². The van der Waals surface area contributed by atoms with Crippen molar-refractivity contribution < 1.29 is 24.0 Å². The number of allylic oxidation sites excluding steroid dienone is 1. The summed E-state index contributed by atoms with van der Waals surface area (Å²) >= 11 is 0. The number of carbonyl (C=O) groups excluding carboxylic acids is 2. The summed E-state index contributed by atoms with van der Waals surface area (Å²) in [6.45, 7) is 1.82. The zero-order valence-corrected chi connectivity index (χ0v) is 15.7. The van der Waals surface area contributed by atoms with Crippen LogP contribution in [-0.2, 0) is 19.1 Å². The molecule has 1 aliphatic heterocycles. The maximum atomic E-state index is 12.7. The van der Waals surface area contributed by atoms with Gasteiger partial charge in [-0.1, -0.05) is 48.5 Å². The van der Waals surface area contributed by atoms with E-state index in [2.05, 4.69) is 0 Å². The zero-order valence-electron chi connectivity index (χ0n) is 15.7. The number of nitro benzene ring substituents is 1. The molecule has 0 saturated carbocycles. The van der Waals surface area contributed by atoms with Crippen LogP contribution in [0, 0.1) is 10.1 Å². The Morgan fingerprint density at radius 1 is 1.21 bits per heavy atom. The number of benzene rings is 2. The van der Waals surface area contributed by atoms with E-state index in [1.165, 1.54) is 18.2 Å². The second-order valence-electron chi connectivity index (χ2n) is 6.33. The van der Waals surface area contributed by atoms with Crippen LogP contribution < -0.4 is 0 Å². The summed E-state index contributed by atoms with van der Waals surface area (Å²) in [5.41, 5.74) is 1.38. The summed E-state index contributed by atoms with van der Waals surface area (Å²) in [7, 11) is 0. The van der Waals surface area contributed by atoms with Crippen molar-refractivity contribution in [2.75, 3.05) is 6.61 Å². The van der Waals surface area contributed by atoms with Crippen molar-refractivity contribution >= 4 is 23.7 Å². The average Bonchev–Trinajstić information content (AvgIpc) is 2.72. The van der Waals surface area contributed by atoms with E-state index in [0.717, 1.165) is 5.56 Å². The highest BCUT2D eigenvalue weighted by Gasteiger charge is 2.35. The van der Waals surface area contributed by atoms with Crippen LogP contribution in [0.3, 0.4) is 0 Å². The minimum Gasteiger partial charge on any atom is -0.463 e. The Kier molecular flexibility index (Phi) is 6.19. The molecule has 1 heterocycles. The van der Waals surface area contributed by atoms with Crippen LogP contribution >= 0.6 is 0 Å². The summed E-state index contributed by atoms with van der Waals surface area (Å²) in [5.74, 6) is -1.77. The summed E-state index contributed by atoms with van der Waals surface area (Å²) in [6.07, 6.45) is 3.15. The molecule has 2 aromatic carbocycles. The molecular weight excluding hydrogens is 374 g/mol. The third-order valence-electron chi connectivity index (χ3n) is 4.41. The topological polar surface area (TPSA) is 95.7 Å². The van der Waals surface area contributed by atoms with Crippen LogP contribution in [0.4, 0.5) is 5.69 Å². The lowest BCUT2D eigenvalue weighted by Gasteiger charge is -2.25. The molecule has 3 rings (SSSR count). The highest BCUT2D eigenvalue weighted by molar-refractivity contribution is 5.95. The van der Waals surface area contributed by atoms with Gasteiger partial charge in [0.25, 0.3) is 5.69 Å². The molecule has 148 valence electrons. The Balaban J connectivity index is 2.09. The van der Waals surface area contributed by atoms with Crippen LogP contribution in [0.1, 0.15) is 30.4 Å². The number of ether oxygens (including phenoxy) is 2. The lowest BCUT2D eigenvalue weighted by molar-refractivity contribution is -0.384. The first-order valence-electron chi connectivity index (χ1n) is 9.09. The first kappa shape index (κ1) is 20.0. The van der Waals surface area contributed by atoms with E-state index < -0.39 is 22.8 Å². The molecule has 0 saturated heterocycles. The van der Waals surface area contributed by atoms with E-state index in [-0.39, 0.29) is 30.0 Å². The highest BCUT2D eigenvalue weighted by atomic mass is 16.6. The van der Waals surface area contributed by atoms with Gasteiger partial charge in [-0.15, -0.1) is 0 Å². The molecule has 7 heteroatoms. The van der Waals surface area contributed by atoms with Gasteiger partial charge in [-0.25, -0.2) is 4.79 Å². The average molecular weight is 393 g/mol. The third kappa shape index (κ3) is 4.76. The van der Waals surface area contributed by atoms with Crippen molar-refractivity contribution in [2.45, 2.75) is 19.3 Å². The third-order valence-corrected chi connectivity index (χ3v) is 4.41. The van der Waals surface area contributed by atoms with E-state index >= 15 is 0 Å². The van der Waals surface area contributed by atoms with Gasteiger partial charge >= 0.3 is 11.9 Å². The Morgan fingerprint density at radius 3 is 2.66 bits per heavy atom. The largest absolute Gasteiger partial charge is 0.463 e. The van der Waals surface area contributed by atoms with Gasteiger partial charge in [0.2, 0.25) is 0 Å². The summed E-state index contributed by atoms with van der Waals surface area (Å²) in [5, 5.41) is 11.1. The number of nitro groups is 1. The molecule has 0 amide bonds. The van der Waals surface area contributed by atoms with Crippen molar-refractivity contribution in [1.82, 2.24) is 0 Å². The molecule has 0 aromatic heterocycles. The number of nitrogens with zero attached hydrogens (tertiary/aromatic N) is 1. The van der Waals surface area contributed by atoms with Gasteiger partial charge in [-0.3, -0.25) is 14.9 Å². The standard InChI is InChI=1S/C22H19NO6/c1-2-28-22(25)21-18(16-9-6-10-17(13-16)23(26)27)14-20(24)29-19(21)12-11-15-7-4-3-5-8-15/h3-13,18H,2,14H2,1H3/b12-11+/t18-/m0/s1. The Labute approximate surface area is 167 Å². The maximum absolute atomic E-state index is 12.7. The van der Waals surface area contributed by atoms with Crippen LogP contribution in [-0.4, -0.2) is 23.5 Å². The van der Waals surface area contributed by atoms with Crippen LogP contribution in [0.2, 0.25) is 0 Å². The predicted octanol–water partition coefficient (Wildman–Crippen LogP) is 4.16. The Bertz CT molecular complexity index is 993. The number of cyclic esters (lactones) is 1. The second-order valence-corrected chi connectivity index (χ2v) is 6.33. The van der Waals surface area contributed by atoms with Crippen molar-refractivity contribution in [3.8, 4) is 0 Å². The summed E-state index contributed by atoms with van der Waals surface area (Å²) in [4.78, 5) is 35.5. The molecule has 0 bridgehead atoms. The van der Waals surface area contributed by atoms with E-state index in [9.17, 15) is 19.7 Å². The molecule has 0 unspecified atom stereocenters. The number of rotatable bonds is 6. The van der Waals surface area contributed by atoms with Crippen molar-refractivity contribution in [3.05, 3.63) is 93.2 Å². The van der Waals surface area contributed by atoms with Gasteiger partial charge in [0, 0.05) is 18.1 Å². The number of carbonyl (C=O) groups is 2. The van der Waals surface area contributed by atoms with Crippen molar-refractivity contribution in [1.29, 1.82) is 0 Å². The molecule has 1 atom stereocenters. The Hall–Kier alpha value is -3.74. The fourth-order valence-corrected chi connectivity index (χ4v) is 3.11. The molecule has 2 aromatic rings. The van der Waals surface area contributed by atoms with E-state index in [0.29, 0.717) is 5.56 Å². The van der Waals surface area contributed by atoms with Crippen LogP contribution in [0.25, 0.3) is 6.08 Å². The molecule has 0 aliphatic carbocycles. The van der Waals surface area contributed by atoms with Gasteiger partial charge in [-0.2, -0.15) is 0 Å². The van der Waals surface area contributed by atoms with Gasteiger partial charge in [0.05, 0.1) is 23.5 Å². The highest BCUT2D eigenvalue weighted by Crippen LogP contribution is 2.37. The van der Waals surface area contributed by atoms with Crippen molar-refractivity contribution in [3.63, 3.8) is 0 Å². The Morgan fingerprint density at radius 2 is 1.97 bits per heavy atom. The van der Waals surface area contributed by atoms with Crippen molar-refractivity contribution in [2.24, 2.45) is 0 Å². The monoisotopic (exact) mass is 393 g/mol. The minimum absolute atomic E-state index is 0.0834. The SMILES string of the molecule is CCOC(=O)C1=C(/C=C/c2ccccc2)OC(=O)C[C@H]1c1cccc([N+](=O)[O-])c1. The van der Waals surface area contributed by atoms with Gasteiger partial charge in [0.1, 0.15) is 5.76 Å². The van der Waals surface area contributed by atoms with Gasteiger partial charge in [0.15, 0.2) is 0 Å². The molecule has 0 fully saturated rings. The first-order chi connectivity index (χ1) is 14.0. The normalized spacial score (nSPS) is 16.6. The molecule has 29 heavy (non-hydrogen) atoms. The van der Waals surface area contributed by atoms with Crippen LogP contribution in [0.5, 0.6) is 0 Å². The fraction of sp³-hybridized carbons (Fsp3) is 0.182. The number of esters is 2. The van der Waals surface area contributed by atoms with Gasteiger partial charge < -0.3 is 9.47 Å². The number of hydrogen-bond acceptors (Lipinski definition) is 6. The number of non-ortho nitro benzene ring substituents is 1. The summed E-state index contributed by atoms with van der Waals surface area (Å²) < 4.78 is 10.5. The molecule has 0 spiro atoms. The number of hydrogen-bond donors (Lipinski definition) is 0. The maximum Gasteiger partial charge on any atom is 0.338 e. The predicted molar refractivity (Wildman–Crippen MR) is 106 cm³/mol. The quantitative estimate of drug-likeness (QED) is 0.415. The minimum atomic E-state index is -0.703. The van der Waals surface area contributed by atoms with E-state index in [4.69, 9.17) is 9.47 Å². The fourth-order valence-electron chi connectivity index (χ4n) is 3.11. The first-order valence-corrected chi connectivity index (χ1v) is 9.09. The smallest absolute Gasteiger partial charge is 0.338 e. The lowest BCUT2D eigenvalue weighted by atomic mass is 9.85. The van der Waals surface area contributed by atoms with E-state index in [1.807, 2.05) is 30.3 Å². The van der Waals surface area contributed by atoms with Crippen LogP contribution in [0.15, 0.2) is 72.0 Å². The molecular formula is C22H19NO6. The zero-order chi connectivity index (χ0) is 20.8. The summed E-state index contributed by atoms with van der Waals surface area (Å²) in [6, 6.07) is 15.2. The van der Waals surface area contributed by atoms with E-state index in [1.54, 1.807) is 25.1 Å². The second kappa shape index (κ2) is 8.97. The molecule has 0 radical (unpaired) electrons. The molecule has 0 N–H and O–H groups in total.